The van der Waals surface area contributed by atoms with Crippen molar-refractivity contribution >= 4 is 5.82 Å². The highest BCUT2D eigenvalue weighted by Crippen LogP contribution is 2.29. The van der Waals surface area contributed by atoms with Crippen LogP contribution in [-0.2, 0) is 10.9 Å². The van der Waals surface area contributed by atoms with E-state index in [1.807, 2.05) is 11.8 Å². The molecule has 2 unspecified atom stereocenters. The number of nitrogens with zero attached hydrogens (tertiary/aromatic N) is 2. The fraction of sp³-hybridized carbons (Fsp3) is 0.583. The van der Waals surface area contributed by atoms with Crippen LogP contribution in [0, 0.1) is 0 Å². The van der Waals surface area contributed by atoms with Crippen LogP contribution in [0.5, 0.6) is 0 Å². The van der Waals surface area contributed by atoms with Crippen LogP contribution < -0.4 is 10.6 Å². The van der Waals surface area contributed by atoms with Crippen LogP contribution in [0.4, 0.5) is 19.0 Å². The molecular formula is C12H16F3N3O. The molecule has 0 radical (unpaired) electrons. The van der Waals surface area contributed by atoms with Crippen molar-refractivity contribution in [1.29, 1.82) is 0 Å². The van der Waals surface area contributed by atoms with Crippen LogP contribution in [0.1, 0.15) is 12.5 Å². The van der Waals surface area contributed by atoms with Gasteiger partial charge in [0.2, 0.25) is 0 Å². The van der Waals surface area contributed by atoms with E-state index < -0.39 is 11.7 Å². The van der Waals surface area contributed by atoms with Gasteiger partial charge in [-0.3, -0.25) is 0 Å². The van der Waals surface area contributed by atoms with Crippen molar-refractivity contribution in [3.05, 3.63) is 23.9 Å². The summed E-state index contributed by atoms with van der Waals surface area (Å²) in [5.41, 5.74) is 4.82. The van der Waals surface area contributed by atoms with Crippen LogP contribution in [0.2, 0.25) is 0 Å². The Morgan fingerprint density at radius 3 is 2.68 bits per heavy atom. The third kappa shape index (κ3) is 3.36. The summed E-state index contributed by atoms with van der Waals surface area (Å²) in [4.78, 5) is 5.78. The Balaban J connectivity index is 2.13. The highest BCUT2D eigenvalue weighted by molar-refractivity contribution is 5.40. The van der Waals surface area contributed by atoms with E-state index in [4.69, 9.17) is 10.5 Å². The number of anilines is 1. The second-order valence-corrected chi connectivity index (χ2v) is 4.61. The topological polar surface area (TPSA) is 51.4 Å². The van der Waals surface area contributed by atoms with Gasteiger partial charge in [0, 0.05) is 25.8 Å². The zero-order valence-electron chi connectivity index (χ0n) is 10.5. The number of halogens is 3. The minimum absolute atomic E-state index is 0.0219. The van der Waals surface area contributed by atoms with Crippen molar-refractivity contribution < 1.29 is 17.9 Å². The van der Waals surface area contributed by atoms with Gasteiger partial charge in [0.25, 0.3) is 0 Å². The minimum atomic E-state index is -4.36. The van der Waals surface area contributed by atoms with Gasteiger partial charge in [-0.1, -0.05) is 0 Å². The number of rotatable bonds is 2. The van der Waals surface area contributed by atoms with E-state index in [2.05, 4.69) is 4.98 Å². The summed E-state index contributed by atoms with van der Waals surface area (Å²) in [7, 11) is 0. The number of alkyl halides is 3. The van der Waals surface area contributed by atoms with Crippen molar-refractivity contribution in [2.75, 3.05) is 24.5 Å². The normalized spacial score (nSPS) is 24.6. The molecule has 1 aromatic rings. The summed E-state index contributed by atoms with van der Waals surface area (Å²) in [6, 6.07) is 2.42. The van der Waals surface area contributed by atoms with Crippen molar-refractivity contribution in [1.82, 2.24) is 4.98 Å². The summed E-state index contributed by atoms with van der Waals surface area (Å²) in [5.74, 6) is 0.515. The molecule has 19 heavy (non-hydrogen) atoms. The first kappa shape index (κ1) is 14.1. The molecule has 1 aliphatic heterocycles. The maximum absolute atomic E-state index is 12.5. The van der Waals surface area contributed by atoms with Crippen molar-refractivity contribution in [2.45, 2.75) is 25.3 Å². The van der Waals surface area contributed by atoms with Gasteiger partial charge in [-0.25, -0.2) is 4.98 Å². The quantitative estimate of drug-likeness (QED) is 0.891. The molecule has 7 heteroatoms. The van der Waals surface area contributed by atoms with Crippen LogP contribution in [0.3, 0.4) is 0 Å². The predicted molar refractivity (Wildman–Crippen MR) is 64.8 cm³/mol. The molecule has 0 saturated carbocycles. The van der Waals surface area contributed by atoms with Gasteiger partial charge in [0.15, 0.2) is 0 Å². The van der Waals surface area contributed by atoms with Gasteiger partial charge in [-0.05, 0) is 19.1 Å². The molecule has 0 aliphatic carbocycles. The molecule has 2 rings (SSSR count). The Morgan fingerprint density at radius 1 is 1.42 bits per heavy atom. The van der Waals surface area contributed by atoms with E-state index in [0.29, 0.717) is 25.5 Å². The molecule has 1 aliphatic rings. The lowest BCUT2D eigenvalue weighted by atomic mass is 10.2. The van der Waals surface area contributed by atoms with Crippen LogP contribution in [0.25, 0.3) is 0 Å². The Labute approximate surface area is 109 Å². The summed E-state index contributed by atoms with van der Waals surface area (Å²) in [6.07, 6.45) is -3.64. The third-order valence-corrected chi connectivity index (χ3v) is 2.99. The molecule has 0 spiro atoms. The SMILES string of the molecule is CC1CN(c2ccc(C(F)(F)F)cn2)CC(CN)O1. The fourth-order valence-corrected chi connectivity index (χ4v) is 2.10. The standard InChI is InChI=1S/C12H16F3N3O/c1-8-6-18(7-10(4-16)19-8)11-3-2-9(5-17-11)12(13,14)15/h2-3,5,8,10H,4,6-7,16H2,1H3. The van der Waals surface area contributed by atoms with Crippen LogP contribution >= 0.6 is 0 Å². The van der Waals surface area contributed by atoms with Crippen LogP contribution in [0.15, 0.2) is 18.3 Å². The molecule has 0 amide bonds. The van der Waals surface area contributed by atoms with E-state index in [0.717, 1.165) is 12.3 Å². The van der Waals surface area contributed by atoms with Crippen LogP contribution in [-0.4, -0.2) is 36.8 Å². The lowest BCUT2D eigenvalue weighted by Gasteiger charge is -2.37. The third-order valence-electron chi connectivity index (χ3n) is 2.99. The first-order valence-electron chi connectivity index (χ1n) is 6.04. The maximum atomic E-state index is 12.5. The second-order valence-electron chi connectivity index (χ2n) is 4.61. The summed E-state index contributed by atoms with van der Waals surface area (Å²) in [5, 5.41) is 0. The fourth-order valence-electron chi connectivity index (χ4n) is 2.10. The molecule has 2 heterocycles. The molecule has 106 valence electrons. The number of pyridine rings is 1. The highest BCUT2D eigenvalue weighted by atomic mass is 19.4. The number of aromatic nitrogens is 1. The number of ether oxygens (including phenoxy) is 1. The number of morpholine rings is 1. The van der Waals surface area contributed by atoms with E-state index in [1.54, 1.807) is 0 Å². The lowest BCUT2D eigenvalue weighted by molar-refractivity contribution is -0.137. The van der Waals surface area contributed by atoms with Gasteiger partial charge >= 0.3 is 6.18 Å². The summed E-state index contributed by atoms with van der Waals surface area (Å²) in [6.45, 7) is 3.41. The van der Waals surface area contributed by atoms with Crippen molar-refractivity contribution in [3.8, 4) is 0 Å². The molecular weight excluding hydrogens is 259 g/mol. The maximum Gasteiger partial charge on any atom is 0.417 e. The highest BCUT2D eigenvalue weighted by Gasteiger charge is 2.31. The zero-order valence-corrected chi connectivity index (χ0v) is 10.5. The number of nitrogens with two attached hydrogens (primary N) is 1. The minimum Gasteiger partial charge on any atom is -0.370 e. The van der Waals surface area contributed by atoms with E-state index in [1.165, 1.54) is 6.07 Å². The van der Waals surface area contributed by atoms with Gasteiger partial charge < -0.3 is 15.4 Å². The van der Waals surface area contributed by atoms with E-state index >= 15 is 0 Å². The Kier molecular flexibility index (Phi) is 3.96. The summed E-state index contributed by atoms with van der Waals surface area (Å²) < 4.78 is 42.9. The zero-order chi connectivity index (χ0) is 14.0. The van der Waals surface area contributed by atoms with E-state index in [-0.39, 0.29) is 12.2 Å². The first-order valence-corrected chi connectivity index (χ1v) is 6.04. The van der Waals surface area contributed by atoms with E-state index in [9.17, 15) is 13.2 Å². The monoisotopic (exact) mass is 275 g/mol. The Hall–Kier alpha value is -1.34. The molecule has 2 atom stereocenters. The molecule has 0 bridgehead atoms. The number of hydrogen-bond donors (Lipinski definition) is 1. The molecule has 1 fully saturated rings. The number of hydrogen-bond acceptors (Lipinski definition) is 4. The smallest absolute Gasteiger partial charge is 0.370 e. The van der Waals surface area contributed by atoms with Gasteiger partial charge in [0.1, 0.15) is 5.82 Å². The van der Waals surface area contributed by atoms with Crippen molar-refractivity contribution in [3.63, 3.8) is 0 Å². The average Bonchev–Trinajstić information content (AvgIpc) is 2.37. The van der Waals surface area contributed by atoms with Gasteiger partial charge in [-0.15, -0.1) is 0 Å². The molecule has 4 nitrogen and oxygen atoms in total. The predicted octanol–water partition coefficient (Wildman–Crippen LogP) is 1.65. The lowest BCUT2D eigenvalue weighted by Crippen LogP contribution is -2.49. The molecule has 0 aromatic carbocycles. The molecule has 2 N–H and O–H groups in total. The Bertz CT molecular complexity index is 421. The average molecular weight is 275 g/mol. The van der Waals surface area contributed by atoms with Gasteiger partial charge in [0.05, 0.1) is 17.8 Å². The first-order chi connectivity index (χ1) is 8.90. The molecule has 1 aromatic heterocycles. The summed E-state index contributed by atoms with van der Waals surface area (Å²) >= 11 is 0. The Morgan fingerprint density at radius 2 is 2.16 bits per heavy atom. The second kappa shape index (κ2) is 5.34. The van der Waals surface area contributed by atoms with Crippen molar-refractivity contribution in [2.24, 2.45) is 5.73 Å². The largest absolute Gasteiger partial charge is 0.417 e. The van der Waals surface area contributed by atoms with Gasteiger partial charge in [-0.2, -0.15) is 13.2 Å². The molecule has 1 saturated heterocycles.